The Kier molecular flexibility index (Phi) is 4.94. The fraction of sp³-hybridized carbons (Fsp3) is 0.300. The molecule has 0 saturated carbocycles. The number of aromatic amines is 1. The predicted octanol–water partition coefficient (Wildman–Crippen LogP) is 3.54. The first kappa shape index (κ1) is 17.7. The number of hydrogen-bond acceptors (Lipinski definition) is 4. The van der Waals surface area contributed by atoms with Crippen molar-refractivity contribution in [2.24, 2.45) is 0 Å². The summed E-state index contributed by atoms with van der Waals surface area (Å²) in [5.41, 5.74) is 4.48. The summed E-state index contributed by atoms with van der Waals surface area (Å²) in [6, 6.07) is 9.73. The van der Waals surface area contributed by atoms with Crippen molar-refractivity contribution in [3.05, 3.63) is 58.8 Å². The van der Waals surface area contributed by atoms with Crippen molar-refractivity contribution in [2.45, 2.75) is 25.1 Å². The summed E-state index contributed by atoms with van der Waals surface area (Å²) in [5, 5.41) is 8.45. The van der Waals surface area contributed by atoms with Crippen LogP contribution in [0.3, 0.4) is 0 Å². The number of benzene rings is 1. The number of anilines is 1. The normalized spacial score (nSPS) is 18.9. The fourth-order valence-corrected chi connectivity index (χ4v) is 4.38. The second-order valence-electron chi connectivity index (χ2n) is 6.80. The molecule has 1 aromatic heterocycles. The van der Waals surface area contributed by atoms with E-state index in [1.807, 2.05) is 41.4 Å². The molecule has 7 heteroatoms. The van der Waals surface area contributed by atoms with E-state index in [4.69, 9.17) is 0 Å². The van der Waals surface area contributed by atoms with Gasteiger partial charge in [-0.15, -0.1) is 11.8 Å². The molecule has 0 aliphatic carbocycles. The van der Waals surface area contributed by atoms with Crippen LogP contribution in [0.15, 0.2) is 41.9 Å². The van der Waals surface area contributed by atoms with Crippen molar-refractivity contribution < 1.29 is 9.59 Å². The van der Waals surface area contributed by atoms with Crippen molar-refractivity contribution in [3.63, 3.8) is 0 Å². The monoisotopic (exact) mass is 382 g/mol. The van der Waals surface area contributed by atoms with Gasteiger partial charge in [0.1, 0.15) is 11.1 Å². The van der Waals surface area contributed by atoms with Crippen LogP contribution in [0.1, 0.15) is 46.8 Å². The van der Waals surface area contributed by atoms with Crippen LogP contribution in [-0.4, -0.2) is 34.8 Å². The van der Waals surface area contributed by atoms with Gasteiger partial charge in [0.2, 0.25) is 5.91 Å². The molecule has 27 heavy (non-hydrogen) atoms. The smallest absolute Gasteiger partial charge is 0.270 e. The average Bonchev–Trinajstić information content (AvgIpc) is 3.41. The maximum absolute atomic E-state index is 12.5. The van der Waals surface area contributed by atoms with E-state index in [-0.39, 0.29) is 17.2 Å². The van der Waals surface area contributed by atoms with E-state index in [2.05, 4.69) is 21.0 Å². The maximum Gasteiger partial charge on any atom is 0.270 e. The van der Waals surface area contributed by atoms with Crippen LogP contribution >= 0.6 is 11.8 Å². The van der Waals surface area contributed by atoms with E-state index in [1.165, 1.54) is 6.92 Å². The zero-order valence-electron chi connectivity index (χ0n) is 15.1. The molecule has 0 spiro atoms. The second kappa shape index (κ2) is 7.52. The maximum atomic E-state index is 12.5. The molecular weight excluding hydrogens is 360 g/mol. The minimum atomic E-state index is -0.0829. The van der Waals surface area contributed by atoms with Gasteiger partial charge >= 0.3 is 0 Å². The van der Waals surface area contributed by atoms with E-state index < -0.39 is 0 Å². The summed E-state index contributed by atoms with van der Waals surface area (Å²) in [6.07, 6.45) is 4.04. The first-order valence-electron chi connectivity index (χ1n) is 9.08. The predicted molar refractivity (Wildman–Crippen MR) is 108 cm³/mol. The third-order valence-electron chi connectivity index (χ3n) is 4.74. The van der Waals surface area contributed by atoms with Gasteiger partial charge in [0.25, 0.3) is 5.91 Å². The van der Waals surface area contributed by atoms with Gasteiger partial charge in [0.15, 0.2) is 0 Å². The number of H-pyrrole nitrogens is 1. The van der Waals surface area contributed by atoms with E-state index in [9.17, 15) is 9.59 Å². The number of aromatic nitrogens is 1. The molecule has 3 N–H and O–H groups in total. The summed E-state index contributed by atoms with van der Waals surface area (Å²) < 4.78 is 0. The number of nitrogens with one attached hydrogen (secondary N) is 3. The van der Waals surface area contributed by atoms with E-state index in [0.29, 0.717) is 5.69 Å². The van der Waals surface area contributed by atoms with Gasteiger partial charge in [-0.2, -0.15) is 0 Å². The Morgan fingerprint density at radius 2 is 2.04 bits per heavy atom. The third-order valence-corrected chi connectivity index (χ3v) is 5.77. The van der Waals surface area contributed by atoms with Gasteiger partial charge in [0, 0.05) is 37.5 Å². The van der Waals surface area contributed by atoms with Crippen LogP contribution in [0.4, 0.5) is 5.69 Å². The molecule has 0 radical (unpaired) electrons. The second-order valence-corrected chi connectivity index (χ2v) is 7.78. The lowest BCUT2D eigenvalue weighted by molar-refractivity contribution is -0.114. The number of amides is 2. The Balaban J connectivity index is 1.44. The molecule has 2 amide bonds. The highest BCUT2D eigenvalue weighted by Crippen LogP contribution is 2.38. The zero-order chi connectivity index (χ0) is 18.8. The van der Waals surface area contributed by atoms with E-state index in [0.717, 1.165) is 48.4 Å². The number of hydrogen-bond donors (Lipinski definition) is 3. The number of likely N-dealkylation sites (tertiary alicyclic amines) is 1. The lowest BCUT2D eigenvalue weighted by Crippen LogP contribution is -2.27. The molecule has 140 valence electrons. The van der Waals surface area contributed by atoms with Gasteiger partial charge < -0.3 is 20.5 Å². The van der Waals surface area contributed by atoms with Gasteiger partial charge in [-0.1, -0.05) is 12.1 Å². The molecule has 1 aromatic carbocycles. The lowest BCUT2D eigenvalue weighted by Gasteiger charge is -2.14. The Labute approximate surface area is 162 Å². The van der Waals surface area contributed by atoms with Crippen LogP contribution < -0.4 is 10.6 Å². The fourth-order valence-electron chi connectivity index (χ4n) is 3.41. The van der Waals surface area contributed by atoms with Crippen molar-refractivity contribution in [3.8, 4) is 0 Å². The molecule has 4 rings (SSSR count). The summed E-state index contributed by atoms with van der Waals surface area (Å²) in [5.74, 6) is -0.00919. The van der Waals surface area contributed by atoms with Crippen LogP contribution in [0.2, 0.25) is 0 Å². The summed E-state index contributed by atoms with van der Waals surface area (Å²) in [7, 11) is 0. The van der Waals surface area contributed by atoms with Crippen molar-refractivity contribution in [2.75, 3.05) is 18.4 Å². The zero-order valence-corrected chi connectivity index (χ0v) is 15.9. The highest BCUT2D eigenvalue weighted by atomic mass is 32.2. The van der Waals surface area contributed by atoms with Crippen LogP contribution in [0.5, 0.6) is 0 Å². The quantitative estimate of drug-likeness (QED) is 0.756. The van der Waals surface area contributed by atoms with Crippen LogP contribution in [0.25, 0.3) is 5.70 Å². The standard InChI is InChI=1S/C20H22N4O2S/c1-13(25)22-16-6-4-5-14(9-16)19-23-18(12-27-19)15-10-17(21-11-15)20(26)24-7-2-3-8-24/h4-6,9-12,19,21,23H,2-3,7-8H2,1H3,(H,22,25). The Morgan fingerprint density at radius 3 is 2.81 bits per heavy atom. The molecule has 1 atom stereocenters. The topological polar surface area (TPSA) is 77.2 Å². The molecular formula is C20H22N4O2S. The molecule has 0 bridgehead atoms. The molecule has 1 saturated heterocycles. The first-order valence-corrected chi connectivity index (χ1v) is 10.0. The molecule has 1 unspecified atom stereocenters. The van der Waals surface area contributed by atoms with Gasteiger partial charge in [-0.05, 0) is 42.0 Å². The molecule has 2 aliphatic heterocycles. The number of carbonyl (C=O) groups excluding carboxylic acids is 2. The van der Waals surface area contributed by atoms with E-state index >= 15 is 0 Å². The summed E-state index contributed by atoms with van der Waals surface area (Å²) in [4.78, 5) is 28.8. The third kappa shape index (κ3) is 3.88. The van der Waals surface area contributed by atoms with Gasteiger partial charge in [-0.25, -0.2) is 0 Å². The molecule has 2 aliphatic rings. The highest BCUT2D eigenvalue weighted by Gasteiger charge is 2.24. The molecule has 2 aromatic rings. The molecule has 6 nitrogen and oxygen atoms in total. The number of rotatable bonds is 4. The first-order chi connectivity index (χ1) is 13.1. The molecule has 3 heterocycles. The van der Waals surface area contributed by atoms with Crippen molar-refractivity contribution in [1.82, 2.24) is 15.2 Å². The Morgan fingerprint density at radius 1 is 1.22 bits per heavy atom. The summed E-state index contributed by atoms with van der Waals surface area (Å²) >= 11 is 1.67. The lowest BCUT2D eigenvalue weighted by atomic mass is 10.1. The van der Waals surface area contributed by atoms with Crippen molar-refractivity contribution >= 4 is 35.0 Å². The minimum absolute atomic E-state index is 0.0707. The number of carbonyl (C=O) groups is 2. The van der Waals surface area contributed by atoms with Crippen LogP contribution in [0, 0.1) is 0 Å². The average molecular weight is 382 g/mol. The summed E-state index contributed by atoms with van der Waals surface area (Å²) in [6.45, 7) is 3.19. The van der Waals surface area contributed by atoms with E-state index in [1.54, 1.807) is 11.8 Å². The van der Waals surface area contributed by atoms with Crippen LogP contribution in [-0.2, 0) is 4.79 Å². The highest BCUT2D eigenvalue weighted by molar-refractivity contribution is 8.02. The van der Waals surface area contributed by atoms with Crippen molar-refractivity contribution in [1.29, 1.82) is 0 Å². The number of thioether (sulfide) groups is 1. The Bertz CT molecular complexity index is 899. The Hall–Kier alpha value is -2.67. The van der Waals surface area contributed by atoms with Gasteiger partial charge in [0.05, 0.1) is 5.70 Å². The number of nitrogens with zero attached hydrogens (tertiary/aromatic N) is 1. The largest absolute Gasteiger partial charge is 0.368 e. The molecule has 1 fully saturated rings. The SMILES string of the molecule is CC(=O)Nc1cccc(C2NC(c3c[nH]c(C(=O)N4CCCC4)c3)=CS2)c1. The minimum Gasteiger partial charge on any atom is -0.368 e. The van der Waals surface area contributed by atoms with Gasteiger partial charge in [-0.3, -0.25) is 9.59 Å².